The van der Waals surface area contributed by atoms with Gasteiger partial charge in [-0.3, -0.25) is 4.79 Å². The van der Waals surface area contributed by atoms with E-state index >= 15 is 0 Å². The van der Waals surface area contributed by atoms with Gasteiger partial charge in [0, 0.05) is 11.3 Å². The fraction of sp³-hybridized carbons (Fsp3) is 0.0909. The van der Waals surface area contributed by atoms with E-state index in [-0.39, 0.29) is 5.91 Å². The molecule has 3 aromatic rings. The molecule has 0 aliphatic carbocycles. The number of nitrogens with one attached hydrogen (secondary N) is 1. The van der Waals surface area contributed by atoms with Crippen LogP contribution in [0.1, 0.15) is 12.5 Å². The van der Waals surface area contributed by atoms with Gasteiger partial charge < -0.3 is 10.1 Å². The van der Waals surface area contributed by atoms with Crippen LogP contribution in [0.15, 0.2) is 78.9 Å². The summed E-state index contributed by atoms with van der Waals surface area (Å²) in [7, 11) is 0. The normalized spacial score (nSPS) is 11.2. The first kappa shape index (κ1) is 17.2. The van der Waals surface area contributed by atoms with Crippen molar-refractivity contribution in [1.29, 1.82) is 5.26 Å². The van der Waals surface area contributed by atoms with Crippen molar-refractivity contribution in [3.63, 3.8) is 0 Å². The van der Waals surface area contributed by atoms with Crippen LogP contribution >= 0.6 is 0 Å². The number of ether oxygens (including phenoxy) is 1. The molecule has 1 unspecified atom stereocenters. The van der Waals surface area contributed by atoms with E-state index in [9.17, 15) is 4.79 Å². The summed E-state index contributed by atoms with van der Waals surface area (Å²) in [4.78, 5) is 12.6. The number of nitrogens with zero attached hydrogens (tertiary/aromatic N) is 1. The fourth-order valence-corrected chi connectivity index (χ4v) is 2.60. The zero-order chi connectivity index (χ0) is 18.4. The number of rotatable bonds is 5. The molecule has 26 heavy (non-hydrogen) atoms. The van der Waals surface area contributed by atoms with Crippen LogP contribution in [0.25, 0.3) is 11.1 Å². The Morgan fingerprint density at radius 1 is 0.962 bits per heavy atom. The lowest BCUT2D eigenvalue weighted by atomic mass is 10.0. The lowest BCUT2D eigenvalue weighted by Crippen LogP contribution is -2.30. The van der Waals surface area contributed by atoms with Gasteiger partial charge in [0.15, 0.2) is 6.10 Å². The molecule has 3 aromatic carbocycles. The second kappa shape index (κ2) is 8.00. The number of carbonyl (C=O) groups is 1. The van der Waals surface area contributed by atoms with Gasteiger partial charge in [-0.25, -0.2) is 0 Å². The molecule has 128 valence electrons. The standard InChI is InChI=1S/C22H18N2O2/c1-16(26-21-14-8-5-11-18(21)15-23)22(25)24-20-13-7-6-12-19(20)17-9-3-2-4-10-17/h2-14,16H,1H3,(H,24,25). The molecule has 0 aromatic heterocycles. The number of para-hydroxylation sites is 2. The van der Waals surface area contributed by atoms with E-state index in [4.69, 9.17) is 10.00 Å². The van der Waals surface area contributed by atoms with Gasteiger partial charge >= 0.3 is 0 Å². The molecule has 0 spiro atoms. The lowest BCUT2D eigenvalue weighted by Gasteiger charge is -2.17. The summed E-state index contributed by atoms with van der Waals surface area (Å²) in [6.07, 6.45) is -0.742. The van der Waals surface area contributed by atoms with Crippen molar-refractivity contribution in [2.45, 2.75) is 13.0 Å². The van der Waals surface area contributed by atoms with E-state index in [2.05, 4.69) is 11.4 Å². The maximum Gasteiger partial charge on any atom is 0.265 e. The molecule has 1 atom stereocenters. The van der Waals surface area contributed by atoms with Gasteiger partial charge in [-0.15, -0.1) is 0 Å². The van der Waals surface area contributed by atoms with Crippen molar-refractivity contribution in [2.24, 2.45) is 0 Å². The topological polar surface area (TPSA) is 62.1 Å². The molecule has 0 heterocycles. The summed E-state index contributed by atoms with van der Waals surface area (Å²) in [5.74, 6) is 0.120. The van der Waals surface area contributed by atoms with Crippen molar-refractivity contribution in [3.8, 4) is 22.9 Å². The Bertz CT molecular complexity index is 946. The number of hydrogen-bond acceptors (Lipinski definition) is 3. The quantitative estimate of drug-likeness (QED) is 0.735. The number of carbonyl (C=O) groups excluding carboxylic acids is 1. The van der Waals surface area contributed by atoms with E-state index < -0.39 is 6.10 Å². The highest BCUT2D eigenvalue weighted by Crippen LogP contribution is 2.28. The van der Waals surface area contributed by atoms with Gasteiger partial charge in [0.25, 0.3) is 5.91 Å². The fourth-order valence-electron chi connectivity index (χ4n) is 2.60. The van der Waals surface area contributed by atoms with E-state index in [0.717, 1.165) is 11.1 Å². The maximum atomic E-state index is 12.6. The Morgan fingerprint density at radius 3 is 2.38 bits per heavy atom. The number of anilines is 1. The van der Waals surface area contributed by atoms with E-state index in [1.54, 1.807) is 31.2 Å². The van der Waals surface area contributed by atoms with Gasteiger partial charge in [0.05, 0.1) is 5.56 Å². The molecule has 4 nitrogen and oxygen atoms in total. The van der Waals surface area contributed by atoms with E-state index in [0.29, 0.717) is 17.0 Å². The summed E-state index contributed by atoms with van der Waals surface area (Å²) in [5.41, 5.74) is 3.07. The average Bonchev–Trinajstić information content (AvgIpc) is 2.69. The molecule has 0 saturated heterocycles. The minimum absolute atomic E-state index is 0.277. The molecule has 0 bridgehead atoms. The van der Waals surface area contributed by atoms with Gasteiger partial charge in [0.1, 0.15) is 11.8 Å². The summed E-state index contributed by atoms with van der Waals surface area (Å²) < 4.78 is 5.68. The minimum Gasteiger partial charge on any atom is -0.480 e. The first-order valence-electron chi connectivity index (χ1n) is 8.30. The van der Waals surface area contributed by atoms with Crippen molar-refractivity contribution in [2.75, 3.05) is 5.32 Å². The molecule has 0 fully saturated rings. The Labute approximate surface area is 152 Å². The zero-order valence-corrected chi connectivity index (χ0v) is 14.3. The Hall–Kier alpha value is -3.58. The molecule has 0 saturated carbocycles. The van der Waals surface area contributed by atoms with Crippen molar-refractivity contribution >= 4 is 11.6 Å². The third-order valence-electron chi connectivity index (χ3n) is 3.95. The predicted octanol–water partition coefficient (Wildman–Crippen LogP) is 4.63. The van der Waals surface area contributed by atoms with Crippen LogP contribution in [-0.4, -0.2) is 12.0 Å². The Balaban J connectivity index is 1.77. The summed E-state index contributed by atoms with van der Waals surface area (Å²) >= 11 is 0. The molecule has 0 radical (unpaired) electrons. The highest BCUT2D eigenvalue weighted by Gasteiger charge is 2.18. The third kappa shape index (κ3) is 3.90. The van der Waals surface area contributed by atoms with Gasteiger partial charge in [0.2, 0.25) is 0 Å². The molecule has 1 N–H and O–H groups in total. The zero-order valence-electron chi connectivity index (χ0n) is 14.3. The predicted molar refractivity (Wildman–Crippen MR) is 102 cm³/mol. The van der Waals surface area contributed by atoms with Crippen molar-refractivity contribution in [1.82, 2.24) is 0 Å². The summed E-state index contributed by atoms with van der Waals surface area (Å²) in [5, 5.41) is 12.1. The Kier molecular flexibility index (Phi) is 5.31. The molecule has 1 amide bonds. The van der Waals surface area contributed by atoms with E-state index in [1.807, 2.05) is 54.6 Å². The van der Waals surface area contributed by atoms with E-state index in [1.165, 1.54) is 0 Å². The van der Waals surface area contributed by atoms with Gasteiger partial charge in [-0.1, -0.05) is 60.7 Å². The Morgan fingerprint density at radius 2 is 1.62 bits per heavy atom. The highest BCUT2D eigenvalue weighted by atomic mass is 16.5. The molecule has 4 heteroatoms. The number of amides is 1. The van der Waals surface area contributed by atoms with Crippen molar-refractivity contribution < 1.29 is 9.53 Å². The molecular formula is C22H18N2O2. The second-order valence-electron chi connectivity index (χ2n) is 5.77. The first-order chi connectivity index (χ1) is 12.7. The molecule has 0 aliphatic heterocycles. The van der Waals surface area contributed by atoms with Crippen LogP contribution in [-0.2, 0) is 4.79 Å². The minimum atomic E-state index is -0.742. The first-order valence-corrected chi connectivity index (χ1v) is 8.30. The van der Waals surface area contributed by atoms with Crippen LogP contribution in [0.4, 0.5) is 5.69 Å². The molecule has 0 aliphatic rings. The number of hydrogen-bond donors (Lipinski definition) is 1. The second-order valence-corrected chi connectivity index (χ2v) is 5.77. The van der Waals surface area contributed by atoms with Crippen LogP contribution in [0.3, 0.4) is 0 Å². The summed E-state index contributed by atoms with van der Waals surface area (Å²) in [6.45, 7) is 1.66. The largest absolute Gasteiger partial charge is 0.480 e. The van der Waals surface area contributed by atoms with Crippen molar-refractivity contribution in [3.05, 3.63) is 84.4 Å². The molecule has 3 rings (SSSR count). The SMILES string of the molecule is CC(Oc1ccccc1C#N)C(=O)Nc1ccccc1-c1ccccc1. The number of nitriles is 1. The lowest BCUT2D eigenvalue weighted by molar-refractivity contribution is -0.122. The smallest absolute Gasteiger partial charge is 0.265 e. The average molecular weight is 342 g/mol. The van der Waals surface area contributed by atoms with Crippen LogP contribution < -0.4 is 10.1 Å². The van der Waals surface area contributed by atoms with Crippen LogP contribution in [0.5, 0.6) is 5.75 Å². The maximum absolute atomic E-state index is 12.6. The summed E-state index contributed by atoms with van der Waals surface area (Å²) in [6, 6.07) is 26.4. The van der Waals surface area contributed by atoms with Crippen LogP contribution in [0.2, 0.25) is 0 Å². The highest BCUT2D eigenvalue weighted by molar-refractivity contribution is 5.98. The molecular weight excluding hydrogens is 324 g/mol. The van der Waals surface area contributed by atoms with Gasteiger partial charge in [-0.2, -0.15) is 5.26 Å². The van der Waals surface area contributed by atoms with Crippen LogP contribution in [0, 0.1) is 11.3 Å². The van der Waals surface area contributed by atoms with Gasteiger partial charge in [-0.05, 0) is 30.7 Å². The number of benzene rings is 3. The monoisotopic (exact) mass is 342 g/mol. The third-order valence-corrected chi connectivity index (χ3v) is 3.95.